The molecule has 2 aromatic rings. The van der Waals surface area contributed by atoms with Crippen molar-refractivity contribution < 1.29 is 14.3 Å². The van der Waals surface area contributed by atoms with Crippen LogP contribution in [0.25, 0.3) is 10.8 Å². The second-order valence-corrected chi connectivity index (χ2v) is 10.9. The number of carbonyl (C=O) groups excluding carboxylic acids is 1. The molecular formula is C24H30INO3. The lowest BCUT2D eigenvalue weighted by molar-refractivity contribution is 0.0878. The highest BCUT2D eigenvalue weighted by molar-refractivity contribution is 14.1. The molecule has 5 heteroatoms. The van der Waals surface area contributed by atoms with Gasteiger partial charge in [0.1, 0.15) is 12.4 Å². The zero-order valence-electron chi connectivity index (χ0n) is 17.7. The fourth-order valence-corrected chi connectivity index (χ4v) is 5.39. The summed E-state index contributed by atoms with van der Waals surface area (Å²) in [4.78, 5) is 11.5. The molecule has 4 rings (SSSR count). The summed E-state index contributed by atoms with van der Waals surface area (Å²) in [5.74, 6) is 1.77. The van der Waals surface area contributed by atoms with Crippen molar-refractivity contribution in [2.24, 2.45) is 11.3 Å². The number of benzene rings is 2. The molecular weight excluding hydrogens is 477 g/mol. The molecule has 1 aliphatic carbocycles. The Hall–Kier alpha value is -1.50. The van der Waals surface area contributed by atoms with Crippen molar-refractivity contribution in [3.8, 4) is 5.75 Å². The minimum atomic E-state index is -0.475. The van der Waals surface area contributed by atoms with E-state index in [1.807, 2.05) is 6.92 Å². The van der Waals surface area contributed by atoms with E-state index in [9.17, 15) is 4.79 Å². The summed E-state index contributed by atoms with van der Waals surface area (Å²) >= 11 is 2.40. The molecule has 2 aromatic carbocycles. The van der Waals surface area contributed by atoms with Gasteiger partial charge in [-0.3, -0.25) is 0 Å². The summed E-state index contributed by atoms with van der Waals surface area (Å²) in [6.45, 7) is 9.40. The van der Waals surface area contributed by atoms with Crippen molar-refractivity contribution in [2.45, 2.75) is 65.0 Å². The first-order valence-electron chi connectivity index (χ1n) is 10.5. The molecule has 1 atom stereocenters. The summed E-state index contributed by atoms with van der Waals surface area (Å²) < 4.78 is 12.7. The normalized spacial score (nSPS) is 27.6. The number of ether oxygens (including phenoxy) is 2. The fraction of sp³-hybridized carbons (Fsp3) is 0.542. The van der Waals surface area contributed by atoms with E-state index in [1.165, 1.54) is 18.2 Å². The van der Waals surface area contributed by atoms with Crippen LogP contribution in [-0.2, 0) is 10.3 Å². The van der Waals surface area contributed by atoms with Crippen LogP contribution in [0.2, 0.25) is 0 Å². The molecule has 29 heavy (non-hydrogen) atoms. The summed E-state index contributed by atoms with van der Waals surface area (Å²) in [5, 5.41) is 5.25. The first-order chi connectivity index (χ1) is 13.7. The van der Waals surface area contributed by atoms with Gasteiger partial charge in [-0.15, -0.1) is 0 Å². The van der Waals surface area contributed by atoms with Crippen LogP contribution in [0.4, 0.5) is 4.79 Å². The Morgan fingerprint density at radius 3 is 2.48 bits per heavy atom. The number of carbonyl (C=O) groups is 1. The molecule has 1 aliphatic heterocycles. The number of fused-ring (bicyclic) bond motifs is 1. The van der Waals surface area contributed by atoms with E-state index >= 15 is 0 Å². The van der Waals surface area contributed by atoms with Crippen LogP contribution in [0.3, 0.4) is 0 Å². The van der Waals surface area contributed by atoms with Crippen LogP contribution in [0.1, 0.15) is 58.9 Å². The summed E-state index contributed by atoms with van der Waals surface area (Å²) in [7, 11) is 0. The smallest absolute Gasteiger partial charge is 0.408 e. The first-order valence-corrected chi connectivity index (χ1v) is 11.6. The minimum Gasteiger partial charge on any atom is -0.489 e. The Labute approximate surface area is 186 Å². The van der Waals surface area contributed by atoms with Gasteiger partial charge in [-0.2, -0.15) is 0 Å². The molecule has 1 N–H and O–H groups in total. The zero-order chi connectivity index (χ0) is 20.8. The molecule has 0 radical (unpaired) electrons. The van der Waals surface area contributed by atoms with Crippen LogP contribution >= 0.6 is 22.6 Å². The van der Waals surface area contributed by atoms with Crippen molar-refractivity contribution in [1.82, 2.24) is 5.32 Å². The van der Waals surface area contributed by atoms with Gasteiger partial charge in [-0.25, -0.2) is 4.79 Å². The molecule has 4 nitrogen and oxygen atoms in total. The van der Waals surface area contributed by atoms with Crippen LogP contribution in [0.15, 0.2) is 30.3 Å². The number of amides is 1. The van der Waals surface area contributed by atoms with Crippen LogP contribution in [-0.4, -0.2) is 18.8 Å². The van der Waals surface area contributed by atoms with Gasteiger partial charge in [0.15, 0.2) is 0 Å². The Morgan fingerprint density at radius 2 is 1.86 bits per heavy atom. The summed E-state index contributed by atoms with van der Waals surface area (Å²) in [6.07, 6.45) is 4.71. The number of halogens is 1. The molecule has 1 amide bonds. The molecule has 1 heterocycles. The first kappa shape index (κ1) is 20.8. The largest absolute Gasteiger partial charge is 0.489 e. The zero-order valence-corrected chi connectivity index (χ0v) is 19.8. The number of hydrogen-bond donors (Lipinski definition) is 1. The lowest BCUT2D eigenvalue weighted by Gasteiger charge is -2.37. The number of hydrogen-bond acceptors (Lipinski definition) is 3. The molecule has 1 saturated heterocycles. The Morgan fingerprint density at radius 1 is 1.14 bits per heavy atom. The maximum absolute atomic E-state index is 11.5. The fourth-order valence-electron chi connectivity index (χ4n) is 4.60. The van der Waals surface area contributed by atoms with Crippen molar-refractivity contribution in [3.05, 3.63) is 39.5 Å². The van der Waals surface area contributed by atoms with E-state index in [4.69, 9.17) is 9.47 Å². The Bertz CT molecular complexity index is 928. The topological polar surface area (TPSA) is 47.6 Å². The van der Waals surface area contributed by atoms with Gasteiger partial charge in [-0.1, -0.05) is 39.0 Å². The van der Waals surface area contributed by atoms with E-state index in [2.05, 4.69) is 79.0 Å². The van der Waals surface area contributed by atoms with Crippen LogP contribution < -0.4 is 10.1 Å². The van der Waals surface area contributed by atoms with Gasteiger partial charge in [-0.05, 0) is 95.0 Å². The predicted octanol–water partition coefficient (Wildman–Crippen LogP) is 6.38. The third kappa shape index (κ3) is 4.21. The van der Waals surface area contributed by atoms with E-state index in [0.717, 1.165) is 39.0 Å². The Balaban J connectivity index is 1.51. The van der Waals surface area contributed by atoms with Gasteiger partial charge >= 0.3 is 6.09 Å². The molecule has 0 aromatic heterocycles. The van der Waals surface area contributed by atoms with Gasteiger partial charge < -0.3 is 14.8 Å². The number of nitrogens with one attached hydrogen (secondary N) is 1. The van der Waals surface area contributed by atoms with Crippen molar-refractivity contribution in [3.63, 3.8) is 0 Å². The molecule has 1 saturated carbocycles. The monoisotopic (exact) mass is 507 g/mol. The maximum atomic E-state index is 11.5. The molecule has 156 valence electrons. The van der Waals surface area contributed by atoms with Gasteiger partial charge in [0.05, 0.1) is 15.2 Å². The van der Waals surface area contributed by atoms with Gasteiger partial charge in [0.2, 0.25) is 0 Å². The number of alkyl carbamates (subject to hydrolysis) is 1. The summed E-state index contributed by atoms with van der Waals surface area (Å²) in [6, 6.07) is 10.6. The highest BCUT2D eigenvalue weighted by atomic mass is 127. The highest BCUT2D eigenvalue weighted by Crippen LogP contribution is 2.40. The van der Waals surface area contributed by atoms with E-state index < -0.39 is 5.54 Å². The second-order valence-electron chi connectivity index (χ2n) is 9.80. The van der Waals surface area contributed by atoms with Crippen molar-refractivity contribution in [2.75, 3.05) is 6.61 Å². The average Bonchev–Trinajstić information content (AvgIpc) is 3.03. The van der Waals surface area contributed by atoms with E-state index in [0.29, 0.717) is 18.1 Å². The minimum absolute atomic E-state index is 0.309. The lowest BCUT2D eigenvalue weighted by Crippen LogP contribution is -2.37. The van der Waals surface area contributed by atoms with Gasteiger partial charge in [0.25, 0.3) is 0 Å². The molecule has 2 aliphatic rings. The SMILES string of the molecule is CC(C)(C)[C@H]1CC[C@H](Oc2ccc3cc([C@@]4(C)COC(=O)N4)ccc3c2I)CC1. The second kappa shape index (κ2) is 7.64. The quantitative estimate of drug-likeness (QED) is 0.491. The van der Waals surface area contributed by atoms with E-state index in [1.54, 1.807) is 0 Å². The highest BCUT2D eigenvalue weighted by Gasteiger charge is 2.36. The maximum Gasteiger partial charge on any atom is 0.408 e. The lowest BCUT2D eigenvalue weighted by atomic mass is 9.72. The molecule has 0 bridgehead atoms. The van der Waals surface area contributed by atoms with E-state index in [-0.39, 0.29) is 6.09 Å². The third-order valence-electron chi connectivity index (χ3n) is 6.62. The summed E-state index contributed by atoms with van der Waals surface area (Å²) in [5.41, 5.74) is 0.971. The van der Waals surface area contributed by atoms with Crippen LogP contribution in [0.5, 0.6) is 5.75 Å². The average molecular weight is 507 g/mol. The molecule has 2 fully saturated rings. The van der Waals surface area contributed by atoms with Crippen LogP contribution in [0, 0.1) is 14.9 Å². The molecule has 0 unspecified atom stereocenters. The predicted molar refractivity (Wildman–Crippen MR) is 124 cm³/mol. The number of rotatable bonds is 3. The standard InChI is InChI=1S/C24H30INO3/c1-23(2,3)16-6-9-18(10-7-16)29-20-12-5-15-13-17(8-11-19(15)21(20)25)24(4)14-28-22(27)26-24/h5,8,11-13,16,18H,6-7,9-10,14H2,1-4H3,(H,26,27)/t16-,18-,24-/m1/s1. The molecule has 0 spiro atoms. The van der Waals surface area contributed by atoms with Gasteiger partial charge in [0, 0.05) is 0 Å². The number of cyclic esters (lactones) is 1. The Kier molecular flexibility index (Phi) is 5.47. The van der Waals surface area contributed by atoms with Crippen molar-refractivity contribution >= 4 is 39.5 Å². The van der Waals surface area contributed by atoms with Crippen molar-refractivity contribution in [1.29, 1.82) is 0 Å². The third-order valence-corrected chi connectivity index (χ3v) is 7.73.